The fraction of sp³-hybridized carbons (Fsp3) is 0.438. The molecule has 1 N–H and O–H groups in total. The van der Waals surface area contributed by atoms with Crippen LogP contribution >= 0.6 is 0 Å². The van der Waals surface area contributed by atoms with Gasteiger partial charge in [0.15, 0.2) is 6.61 Å². The molecule has 4 heteroatoms. The normalized spacial score (nSPS) is 11.2. The number of nitrogens with zero attached hydrogens (tertiary/aromatic N) is 1. The highest BCUT2D eigenvalue weighted by Gasteiger charge is 2.02. The van der Waals surface area contributed by atoms with Crippen molar-refractivity contribution in [2.75, 3.05) is 33.4 Å². The van der Waals surface area contributed by atoms with Crippen molar-refractivity contribution in [3.63, 3.8) is 0 Å². The maximum Gasteiger partial charge on any atom is 0.174 e. The van der Waals surface area contributed by atoms with E-state index in [0.717, 1.165) is 30.8 Å². The highest BCUT2D eigenvalue weighted by molar-refractivity contribution is 5.60. The van der Waals surface area contributed by atoms with Gasteiger partial charge in [0.1, 0.15) is 11.8 Å². The first-order valence-corrected chi connectivity index (χ1v) is 6.79. The predicted molar refractivity (Wildman–Crippen MR) is 80.6 cm³/mol. The predicted octanol–water partition coefficient (Wildman–Crippen LogP) is 2.62. The average Bonchev–Trinajstić information content (AvgIpc) is 2.49. The second-order valence-electron chi connectivity index (χ2n) is 4.31. The van der Waals surface area contributed by atoms with E-state index in [2.05, 4.69) is 18.3 Å². The monoisotopic (exact) mass is 274 g/mol. The average molecular weight is 274 g/mol. The minimum absolute atomic E-state index is 0.0679. The SMILES string of the molecule is CCC(=Cc1ccccc1OCC#N)CNCCOC. The molecule has 0 bridgehead atoms. The zero-order valence-corrected chi connectivity index (χ0v) is 12.2. The number of hydrogen-bond acceptors (Lipinski definition) is 4. The van der Waals surface area contributed by atoms with Gasteiger partial charge in [-0.3, -0.25) is 0 Å². The fourth-order valence-electron chi connectivity index (χ4n) is 1.76. The number of nitrogens with one attached hydrogen (secondary N) is 1. The molecular formula is C16H22N2O2. The summed E-state index contributed by atoms with van der Waals surface area (Å²) in [6, 6.07) is 9.75. The molecule has 0 spiro atoms. The van der Waals surface area contributed by atoms with Crippen molar-refractivity contribution in [3.05, 3.63) is 35.4 Å². The smallest absolute Gasteiger partial charge is 0.174 e. The van der Waals surface area contributed by atoms with Gasteiger partial charge >= 0.3 is 0 Å². The molecule has 1 aromatic carbocycles. The maximum atomic E-state index is 8.60. The van der Waals surface area contributed by atoms with Gasteiger partial charge in [-0.05, 0) is 12.5 Å². The van der Waals surface area contributed by atoms with E-state index in [4.69, 9.17) is 14.7 Å². The molecule has 0 aliphatic carbocycles. The Labute approximate surface area is 121 Å². The van der Waals surface area contributed by atoms with Crippen LogP contribution in [0.2, 0.25) is 0 Å². The third kappa shape index (κ3) is 5.87. The summed E-state index contributed by atoms with van der Waals surface area (Å²) in [6.07, 6.45) is 3.08. The molecule has 4 nitrogen and oxygen atoms in total. The van der Waals surface area contributed by atoms with Crippen LogP contribution in [0.1, 0.15) is 18.9 Å². The van der Waals surface area contributed by atoms with Gasteiger partial charge in [-0.1, -0.05) is 36.8 Å². The van der Waals surface area contributed by atoms with Crippen LogP contribution in [0.25, 0.3) is 6.08 Å². The third-order valence-electron chi connectivity index (χ3n) is 2.86. The molecule has 0 atom stereocenters. The van der Waals surface area contributed by atoms with E-state index in [-0.39, 0.29) is 6.61 Å². The van der Waals surface area contributed by atoms with Gasteiger partial charge in [0.05, 0.1) is 6.61 Å². The molecule has 0 amide bonds. The van der Waals surface area contributed by atoms with Crippen molar-refractivity contribution in [1.29, 1.82) is 5.26 Å². The van der Waals surface area contributed by atoms with Crippen LogP contribution in [-0.2, 0) is 4.74 Å². The lowest BCUT2D eigenvalue weighted by atomic mass is 10.1. The van der Waals surface area contributed by atoms with E-state index >= 15 is 0 Å². The van der Waals surface area contributed by atoms with E-state index in [1.165, 1.54) is 5.57 Å². The van der Waals surface area contributed by atoms with Gasteiger partial charge in [-0.15, -0.1) is 0 Å². The summed E-state index contributed by atoms with van der Waals surface area (Å²) in [4.78, 5) is 0. The van der Waals surface area contributed by atoms with Crippen LogP contribution < -0.4 is 10.1 Å². The molecule has 20 heavy (non-hydrogen) atoms. The van der Waals surface area contributed by atoms with Gasteiger partial charge in [0.25, 0.3) is 0 Å². The highest BCUT2D eigenvalue weighted by Crippen LogP contribution is 2.21. The molecule has 0 unspecified atom stereocenters. The van der Waals surface area contributed by atoms with Crippen molar-refractivity contribution in [2.45, 2.75) is 13.3 Å². The third-order valence-corrected chi connectivity index (χ3v) is 2.86. The summed E-state index contributed by atoms with van der Waals surface area (Å²) in [7, 11) is 1.70. The van der Waals surface area contributed by atoms with Crippen LogP contribution in [0.4, 0.5) is 0 Å². The van der Waals surface area contributed by atoms with E-state index in [1.807, 2.05) is 30.3 Å². The quantitative estimate of drug-likeness (QED) is 0.703. The lowest BCUT2D eigenvalue weighted by Crippen LogP contribution is -2.21. The summed E-state index contributed by atoms with van der Waals surface area (Å²) in [5, 5.41) is 11.9. The van der Waals surface area contributed by atoms with Crippen LogP contribution in [0.3, 0.4) is 0 Å². The molecule has 0 aliphatic heterocycles. The Kier molecular flexibility index (Phi) is 8.13. The molecule has 0 saturated heterocycles. The summed E-state index contributed by atoms with van der Waals surface area (Å²) in [6.45, 7) is 4.56. The first-order valence-electron chi connectivity index (χ1n) is 6.79. The van der Waals surface area contributed by atoms with E-state index in [9.17, 15) is 0 Å². The standard InChI is InChI=1S/C16H22N2O2/c1-3-14(13-18-9-11-19-2)12-15-6-4-5-7-16(15)20-10-8-17/h4-7,12,18H,3,9-11,13H2,1-2H3. The summed E-state index contributed by atoms with van der Waals surface area (Å²) >= 11 is 0. The number of hydrogen-bond donors (Lipinski definition) is 1. The molecule has 0 saturated carbocycles. The van der Waals surface area contributed by atoms with Crippen molar-refractivity contribution in [1.82, 2.24) is 5.32 Å². The van der Waals surface area contributed by atoms with Crippen molar-refractivity contribution >= 4 is 6.08 Å². The largest absolute Gasteiger partial charge is 0.478 e. The van der Waals surface area contributed by atoms with Gasteiger partial charge in [-0.25, -0.2) is 0 Å². The van der Waals surface area contributed by atoms with Crippen LogP contribution in [0.5, 0.6) is 5.75 Å². The Bertz CT molecular complexity index is 464. The molecule has 1 aromatic rings. The van der Waals surface area contributed by atoms with Gasteiger partial charge in [-0.2, -0.15) is 5.26 Å². The molecular weight excluding hydrogens is 252 g/mol. The number of benzene rings is 1. The lowest BCUT2D eigenvalue weighted by molar-refractivity contribution is 0.200. The first kappa shape index (κ1) is 16.2. The van der Waals surface area contributed by atoms with E-state index in [0.29, 0.717) is 6.61 Å². The van der Waals surface area contributed by atoms with E-state index in [1.54, 1.807) is 7.11 Å². The molecule has 0 aromatic heterocycles. The lowest BCUT2D eigenvalue weighted by Gasteiger charge is -2.10. The zero-order valence-electron chi connectivity index (χ0n) is 12.2. The number of nitriles is 1. The molecule has 0 aliphatic rings. The van der Waals surface area contributed by atoms with Crippen molar-refractivity contribution in [3.8, 4) is 11.8 Å². The number of ether oxygens (including phenoxy) is 2. The minimum Gasteiger partial charge on any atom is -0.478 e. The second-order valence-corrected chi connectivity index (χ2v) is 4.31. The van der Waals surface area contributed by atoms with Crippen molar-refractivity contribution < 1.29 is 9.47 Å². The van der Waals surface area contributed by atoms with Crippen LogP contribution in [0, 0.1) is 11.3 Å². The zero-order chi connectivity index (χ0) is 14.6. The molecule has 108 valence electrons. The summed E-state index contributed by atoms with van der Waals surface area (Å²) in [5.41, 5.74) is 2.29. The Balaban J connectivity index is 2.71. The fourth-order valence-corrected chi connectivity index (χ4v) is 1.76. The first-order chi connectivity index (χ1) is 9.81. The Hall–Kier alpha value is -1.83. The molecule has 0 fully saturated rings. The summed E-state index contributed by atoms with van der Waals surface area (Å²) < 4.78 is 10.4. The maximum absolute atomic E-state index is 8.60. The van der Waals surface area contributed by atoms with Gasteiger partial charge in [0, 0.05) is 25.8 Å². The Morgan fingerprint density at radius 1 is 1.40 bits per heavy atom. The Morgan fingerprint density at radius 3 is 2.90 bits per heavy atom. The number of rotatable bonds is 9. The topological polar surface area (TPSA) is 54.3 Å². The molecule has 1 rings (SSSR count). The van der Waals surface area contributed by atoms with Crippen molar-refractivity contribution in [2.24, 2.45) is 0 Å². The van der Waals surface area contributed by atoms with E-state index < -0.39 is 0 Å². The number of methoxy groups -OCH3 is 1. The molecule has 0 heterocycles. The second kappa shape index (κ2) is 10.0. The number of para-hydroxylation sites is 1. The minimum atomic E-state index is 0.0679. The van der Waals surface area contributed by atoms with Crippen LogP contribution in [0.15, 0.2) is 29.8 Å². The van der Waals surface area contributed by atoms with Gasteiger partial charge < -0.3 is 14.8 Å². The van der Waals surface area contributed by atoms with Crippen LogP contribution in [-0.4, -0.2) is 33.4 Å². The highest BCUT2D eigenvalue weighted by atomic mass is 16.5. The summed E-state index contributed by atoms with van der Waals surface area (Å²) in [5.74, 6) is 0.747. The van der Waals surface area contributed by atoms with Gasteiger partial charge in [0.2, 0.25) is 0 Å². The Morgan fingerprint density at radius 2 is 2.20 bits per heavy atom. The molecule has 0 radical (unpaired) electrons.